The highest BCUT2D eigenvalue weighted by atomic mass is 35.5. The Labute approximate surface area is 200 Å². The van der Waals surface area contributed by atoms with Crippen LogP contribution in [0.2, 0.25) is 5.02 Å². The van der Waals surface area contributed by atoms with Gasteiger partial charge in [0, 0.05) is 28.2 Å². The van der Waals surface area contributed by atoms with Crippen LogP contribution in [0.5, 0.6) is 5.75 Å². The fraction of sp³-hybridized carbons (Fsp3) is 0.407. The normalized spacial score (nSPS) is 20.1. The summed E-state index contributed by atoms with van der Waals surface area (Å²) in [5.41, 5.74) is 4.47. The van der Waals surface area contributed by atoms with Crippen LogP contribution < -0.4 is 4.74 Å². The van der Waals surface area contributed by atoms with E-state index in [0.717, 1.165) is 39.4 Å². The third-order valence-corrected chi connectivity index (χ3v) is 7.16. The maximum atomic E-state index is 11.1. The molecular formula is C27H31ClN2O3. The van der Waals surface area contributed by atoms with Crippen molar-refractivity contribution >= 4 is 22.5 Å². The Morgan fingerprint density at radius 1 is 1.18 bits per heavy atom. The second kappa shape index (κ2) is 9.90. The average Bonchev–Trinajstić information content (AvgIpc) is 3.48. The Kier molecular flexibility index (Phi) is 6.74. The van der Waals surface area contributed by atoms with E-state index in [1.165, 1.54) is 31.2 Å². The van der Waals surface area contributed by atoms with Gasteiger partial charge in [0.2, 0.25) is 6.41 Å². The van der Waals surface area contributed by atoms with Gasteiger partial charge >= 0.3 is 0 Å². The van der Waals surface area contributed by atoms with Crippen LogP contribution in [0.3, 0.4) is 0 Å². The zero-order chi connectivity index (χ0) is 22.8. The Hall–Kier alpha value is -2.31. The third-order valence-electron chi connectivity index (χ3n) is 6.93. The molecule has 2 aromatic carbocycles. The molecule has 1 aliphatic carbocycles. The molecule has 2 unspecified atom stereocenters. The van der Waals surface area contributed by atoms with E-state index >= 15 is 0 Å². The predicted octanol–water partition coefficient (Wildman–Crippen LogP) is 5.82. The van der Waals surface area contributed by atoms with Crippen molar-refractivity contribution in [3.05, 3.63) is 77.0 Å². The molecular weight excluding hydrogens is 436 g/mol. The largest absolute Gasteiger partial charge is 0.490 e. The second-order valence-electron chi connectivity index (χ2n) is 9.08. The minimum absolute atomic E-state index is 0.160. The van der Waals surface area contributed by atoms with Crippen LogP contribution in [0.1, 0.15) is 48.5 Å². The standard InChI is InChI=1S/C27H31ClN2O3/c1-2-15-32-21-10-7-19(8-11-21)26-25-22(23-16-20(28)9-12-24(23)29-25)13-14-30(26)27(31)33-17-18-5-3-4-6-18/h2,7-12,16,18,26-27,29,31H,1,3-6,13-15,17H2. The minimum Gasteiger partial charge on any atom is -0.490 e. The number of rotatable bonds is 8. The number of hydrogen-bond acceptors (Lipinski definition) is 4. The molecule has 2 atom stereocenters. The van der Waals surface area contributed by atoms with Crippen molar-refractivity contribution in [3.8, 4) is 5.75 Å². The number of aliphatic hydroxyl groups is 1. The summed E-state index contributed by atoms with van der Waals surface area (Å²) in [6, 6.07) is 13.9. The highest BCUT2D eigenvalue weighted by Crippen LogP contribution is 2.40. The molecule has 5 nitrogen and oxygen atoms in total. The number of fused-ring (bicyclic) bond motifs is 3. The lowest BCUT2D eigenvalue weighted by Gasteiger charge is -2.39. The van der Waals surface area contributed by atoms with E-state index in [0.29, 0.717) is 25.7 Å². The highest BCUT2D eigenvalue weighted by molar-refractivity contribution is 6.31. The lowest BCUT2D eigenvalue weighted by molar-refractivity contribution is -0.210. The maximum absolute atomic E-state index is 11.1. The monoisotopic (exact) mass is 466 g/mol. The first-order chi connectivity index (χ1) is 16.1. The highest BCUT2D eigenvalue weighted by Gasteiger charge is 2.36. The summed E-state index contributed by atoms with van der Waals surface area (Å²) in [6.07, 6.45) is 6.49. The minimum atomic E-state index is -0.963. The molecule has 2 N–H and O–H groups in total. The molecule has 174 valence electrons. The zero-order valence-electron chi connectivity index (χ0n) is 18.8. The molecule has 5 rings (SSSR count). The van der Waals surface area contributed by atoms with Gasteiger partial charge < -0.3 is 19.6 Å². The van der Waals surface area contributed by atoms with Gasteiger partial charge in [-0.05, 0) is 66.6 Å². The van der Waals surface area contributed by atoms with Gasteiger partial charge in [0.15, 0.2) is 0 Å². The first-order valence-electron chi connectivity index (χ1n) is 11.8. The number of nitrogens with zero attached hydrogens (tertiary/aromatic N) is 1. The molecule has 0 saturated heterocycles. The molecule has 1 saturated carbocycles. The first kappa shape index (κ1) is 22.5. The molecule has 0 radical (unpaired) electrons. The van der Waals surface area contributed by atoms with Crippen LogP contribution in [0.15, 0.2) is 55.1 Å². The quantitative estimate of drug-likeness (QED) is 0.324. The van der Waals surface area contributed by atoms with Gasteiger partial charge in [-0.25, -0.2) is 4.90 Å². The number of benzene rings is 2. The molecule has 33 heavy (non-hydrogen) atoms. The summed E-state index contributed by atoms with van der Waals surface area (Å²) >= 11 is 6.31. The van der Waals surface area contributed by atoms with Gasteiger partial charge in [0.05, 0.1) is 12.6 Å². The molecule has 0 bridgehead atoms. The van der Waals surface area contributed by atoms with Crippen molar-refractivity contribution < 1.29 is 14.6 Å². The zero-order valence-corrected chi connectivity index (χ0v) is 19.6. The van der Waals surface area contributed by atoms with Crippen molar-refractivity contribution in [2.75, 3.05) is 19.8 Å². The predicted molar refractivity (Wildman–Crippen MR) is 132 cm³/mol. The molecule has 3 aromatic rings. The fourth-order valence-corrected chi connectivity index (χ4v) is 5.44. The molecule has 0 amide bonds. The lowest BCUT2D eigenvalue weighted by atomic mass is 9.92. The molecule has 2 aliphatic rings. The van der Waals surface area contributed by atoms with E-state index < -0.39 is 6.41 Å². The van der Waals surface area contributed by atoms with Crippen molar-refractivity contribution in [2.24, 2.45) is 5.92 Å². The van der Waals surface area contributed by atoms with Crippen LogP contribution >= 0.6 is 11.6 Å². The van der Waals surface area contributed by atoms with Gasteiger partial charge in [-0.3, -0.25) is 0 Å². The second-order valence-corrected chi connectivity index (χ2v) is 9.51. The number of aromatic nitrogens is 1. The van der Waals surface area contributed by atoms with E-state index in [4.69, 9.17) is 21.1 Å². The van der Waals surface area contributed by atoms with Crippen molar-refractivity contribution in [1.29, 1.82) is 0 Å². The van der Waals surface area contributed by atoms with Crippen molar-refractivity contribution in [1.82, 2.24) is 9.88 Å². The smallest absolute Gasteiger partial charge is 0.216 e. The van der Waals surface area contributed by atoms with E-state index in [1.807, 2.05) is 35.2 Å². The molecule has 1 fully saturated rings. The van der Waals surface area contributed by atoms with Gasteiger partial charge in [0.1, 0.15) is 12.4 Å². The molecule has 0 spiro atoms. The molecule has 6 heteroatoms. The lowest BCUT2D eigenvalue weighted by Crippen LogP contribution is -2.45. The van der Waals surface area contributed by atoms with Crippen LogP contribution in [-0.2, 0) is 11.2 Å². The van der Waals surface area contributed by atoms with Gasteiger partial charge in [-0.2, -0.15) is 0 Å². The van der Waals surface area contributed by atoms with Crippen LogP contribution in [0.25, 0.3) is 10.9 Å². The first-order valence-corrected chi connectivity index (χ1v) is 12.2. The van der Waals surface area contributed by atoms with Gasteiger partial charge in [0.25, 0.3) is 0 Å². The SMILES string of the molecule is C=CCOc1ccc(C2c3[nH]c4ccc(Cl)cc4c3CCN2C(O)OCC2CCCC2)cc1. The fourth-order valence-electron chi connectivity index (χ4n) is 5.27. The van der Waals surface area contributed by atoms with Crippen LogP contribution in [0.4, 0.5) is 0 Å². The Balaban J connectivity index is 1.47. The summed E-state index contributed by atoms with van der Waals surface area (Å²) in [6.45, 7) is 5.47. The van der Waals surface area contributed by atoms with Crippen LogP contribution in [-0.4, -0.2) is 41.2 Å². The van der Waals surface area contributed by atoms with E-state index in [1.54, 1.807) is 6.08 Å². The molecule has 1 aromatic heterocycles. The van der Waals surface area contributed by atoms with E-state index in [-0.39, 0.29) is 6.04 Å². The number of hydrogen-bond donors (Lipinski definition) is 2. The average molecular weight is 467 g/mol. The number of aromatic amines is 1. The third kappa shape index (κ3) is 4.69. The van der Waals surface area contributed by atoms with Gasteiger partial charge in [-0.15, -0.1) is 0 Å². The summed E-state index contributed by atoms with van der Waals surface area (Å²) < 4.78 is 11.7. The number of H-pyrrole nitrogens is 1. The number of ether oxygens (including phenoxy) is 2. The summed E-state index contributed by atoms with van der Waals surface area (Å²) in [5, 5.41) is 13.0. The Morgan fingerprint density at radius 2 is 1.97 bits per heavy atom. The molecule has 1 aliphatic heterocycles. The van der Waals surface area contributed by atoms with Crippen molar-refractivity contribution in [3.63, 3.8) is 0 Å². The number of aliphatic hydroxyl groups excluding tert-OH is 1. The van der Waals surface area contributed by atoms with Crippen molar-refractivity contribution in [2.45, 2.75) is 44.6 Å². The maximum Gasteiger partial charge on any atom is 0.216 e. The Morgan fingerprint density at radius 3 is 2.73 bits per heavy atom. The summed E-state index contributed by atoms with van der Waals surface area (Å²) in [4.78, 5) is 5.66. The Bertz CT molecular complexity index is 1100. The van der Waals surface area contributed by atoms with Crippen LogP contribution in [0, 0.1) is 5.92 Å². The summed E-state index contributed by atoms with van der Waals surface area (Å²) in [5.74, 6) is 1.35. The van der Waals surface area contributed by atoms with Gasteiger partial charge in [-0.1, -0.05) is 49.2 Å². The number of halogens is 1. The summed E-state index contributed by atoms with van der Waals surface area (Å²) in [7, 11) is 0. The number of nitrogens with one attached hydrogen (secondary N) is 1. The van der Waals surface area contributed by atoms with E-state index in [2.05, 4.69) is 23.7 Å². The topological polar surface area (TPSA) is 57.7 Å². The molecule has 2 heterocycles. The van der Waals surface area contributed by atoms with E-state index in [9.17, 15) is 5.11 Å².